The fraction of sp³-hybridized carbons (Fsp3) is 0.257. The first-order valence-corrected chi connectivity index (χ1v) is 16.1. The highest BCUT2D eigenvalue weighted by atomic mass is 35.5. The highest BCUT2D eigenvalue weighted by molar-refractivity contribution is 6.58. The van der Waals surface area contributed by atoms with Crippen LogP contribution in [0.2, 0.25) is 0 Å². The van der Waals surface area contributed by atoms with Crippen molar-refractivity contribution in [3.8, 4) is 11.5 Å². The van der Waals surface area contributed by atoms with Crippen LogP contribution in [0, 0.1) is 52.8 Å². The van der Waals surface area contributed by atoms with E-state index in [2.05, 4.69) is 0 Å². The zero-order chi connectivity index (χ0) is 35.6. The van der Waals surface area contributed by atoms with Gasteiger partial charge in [0, 0.05) is 17.9 Å². The van der Waals surface area contributed by atoms with E-state index in [0.29, 0.717) is 22.6 Å². The molecule has 15 heteroatoms. The van der Waals surface area contributed by atoms with Crippen LogP contribution < -0.4 is 14.5 Å². The number of imide groups is 2. The predicted octanol–water partition coefficient (Wildman–Crippen LogP) is 6.21. The Balaban J connectivity index is 1.32. The summed E-state index contributed by atoms with van der Waals surface area (Å²) in [4.78, 5) is 52.1. The quantitative estimate of drug-likeness (QED) is 0.0859. The normalized spacial score (nSPS) is 30.0. The number of rotatable bonds is 3. The standard InChI is InChI=1S/C35H21Cl2F5N2O6/c36-34-12-20-18(7-8-19-22(20)31(47)43(30(19)46)16-4-2-1-3-5-16)23(15-10-14-11-17(45)6-9-21(14)50-13-15)35(34,37)33(49)44(32(34)48)29-27(41)25(39)24(38)26(40)28(29)42/h1-7,9,11,13,19-20,22-23,45H,8,10,12H2/t19-,20+,22-,23-,34+,35-/m0/s1. The Morgan fingerprint density at radius 1 is 0.800 bits per heavy atom. The molecular weight excluding hydrogens is 710 g/mol. The van der Waals surface area contributed by atoms with Gasteiger partial charge in [-0.05, 0) is 54.7 Å². The molecule has 0 radical (unpaired) electrons. The topological polar surface area (TPSA) is 104 Å². The number of para-hydroxylation sites is 1. The molecule has 5 aliphatic rings. The maximum absolute atomic E-state index is 15.2. The van der Waals surface area contributed by atoms with Crippen LogP contribution >= 0.6 is 23.2 Å². The first-order valence-electron chi connectivity index (χ1n) is 15.3. The number of ether oxygens (including phenoxy) is 1. The first-order chi connectivity index (χ1) is 23.7. The van der Waals surface area contributed by atoms with Crippen LogP contribution in [0.15, 0.2) is 72.0 Å². The summed E-state index contributed by atoms with van der Waals surface area (Å²) in [6, 6.07) is 12.3. The number of nitrogens with zero attached hydrogens (tertiary/aromatic N) is 2. The highest BCUT2D eigenvalue weighted by Crippen LogP contribution is 2.65. The molecule has 3 aromatic carbocycles. The molecule has 6 atom stereocenters. The molecule has 50 heavy (non-hydrogen) atoms. The number of phenolic OH excluding ortho intramolecular Hbond substituents is 1. The van der Waals surface area contributed by atoms with Gasteiger partial charge in [0.15, 0.2) is 33.0 Å². The van der Waals surface area contributed by atoms with Crippen LogP contribution in [0.3, 0.4) is 0 Å². The molecule has 0 unspecified atom stereocenters. The fourth-order valence-corrected chi connectivity index (χ4v) is 9.16. The SMILES string of the molecule is O=C1[C@H]2[C@H](CC=C3[C@H](C4=COc5ccc(O)cc5C4)[C@]4(Cl)C(=O)N(c5c(F)c(F)c(F)c(F)c5F)C(=O)[C@]4(Cl)C[C@H]32)C(=O)N1c1ccccc1. The van der Waals surface area contributed by atoms with E-state index >= 15 is 8.78 Å². The lowest BCUT2D eigenvalue weighted by atomic mass is 9.56. The number of phenols is 1. The summed E-state index contributed by atoms with van der Waals surface area (Å²) in [7, 11) is 0. The van der Waals surface area contributed by atoms with Gasteiger partial charge in [0.1, 0.15) is 17.2 Å². The molecule has 1 saturated carbocycles. The molecule has 2 aliphatic carbocycles. The Labute approximate surface area is 289 Å². The van der Waals surface area contributed by atoms with E-state index in [9.17, 15) is 37.5 Å². The van der Waals surface area contributed by atoms with E-state index in [4.69, 9.17) is 27.9 Å². The summed E-state index contributed by atoms with van der Waals surface area (Å²) in [5.74, 6) is -21.0. The van der Waals surface area contributed by atoms with E-state index < -0.39 is 98.2 Å². The van der Waals surface area contributed by atoms with Gasteiger partial charge in [0.05, 0.1) is 23.8 Å². The first kappa shape index (κ1) is 32.5. The van der Waals surface area contributed by atoms with Gasteiger partial charge in [-0.15, -0.1) is 23.2 Å². The van der Waals surface area contributed by atoms with Crippen molar-refractivity contribution in [1.82, 2.24) is 0 Å². The second-order valence-electron chi connectivity index (χ2n) is 12.8. The highest BCUT2D eigenvalue weighted by Gasteiger charge is 2.77. The second kappa shape index (κ2) is 10.9. The van der Waals surface area contributed by atoms with Crippen LogP contribution in [0.5, 0.6) is 11.5 Å². The van der Waals surface area contributed by atoms with E-state index in [1.807, 2.05) is 0 Å². The van der Waals surface area contributed by atoms with Crippen LogP contribution in [-0.4, -0.2) is 38.5 Å². The second-order valence-corrected chi connectivity index (χ2v) is 14.1. The average molecular weight is 731 g/mol. The lowest BCUT2D eigenvalue weighted by Crippen LogP contribution is -2.61. The molecule has 3 fully saturated rings. The average Bonchev–Trinajstić information content (AvgIpc) is 3.44. The van der Waals surface area contributed by atoms with Crippen molar-refractivity contribution in [2.45, 2.75) is 29.0 Å². The molecule has 3 aromatic rings. The van der Waals surface area contributed by atoms with Gasteiger partial charge in [-0.1, -0.05) is 29.8 Å². The third kappa shape index (κ3) is 4.04. The minimum atomic E-state index is -2.67. The molecule has 256 valence electrons. The number of halogens is 7. The molecule has 8 nitrogen and oxygen atoms in total. The van der Waals surface area contributed by atoms with E-state index in [-0.39, 0.29) is 29.1 Å². The maximum atomic E-state index is 15.2. The number of amides is 4. The zero-order valence-electron chi connectivity index (χ0n) is 25.2. The molecule has 0 bridgehead atoms. The molecule has 2 saturated heterocycles. The van der Waals surface area contributed by atoms with Gasteiger partial charge >= 0.3 is 0 Å². The summed E-state index contributed by atoms with van der Waals surface area (Å²) >= 11 is 14.3. The molecular formula is C35H21Cl2F5N2O6. The largest absolute Gasteiger partial charge is 0.508 e. The smallest absolute Gasteiger partial charge is 0.258 e. The van der Waals surface area contributed by atoms with Crippen LogP contribution in [0.1, 0.15) is 18.4 Å². The summed E-state index contributed by atoms with van der Waals surface area (Å²) in [6.07, 6.45) is 2.15. The minimum Gasteiger partial charge on any atom is -0.508 e. The number of anilines is 2. The molecule has 8 rings (SSSR count). The molecule has 3 aliphatic heterocycles. The number of hydrogen-bond acceptors (Lipinski definition) is 6. The summed E-state index contributed by atoms with van der Waals surface area (Å²) < 4.78 is 79.3. The third-order valence-corrected chi connectivity index (χ3v) is 11.8. The van der Waals surface area contributed by atoms with Crippen LogP contribution in [0.25, 0.3) is 0 Å². The van der Waals surface area contributed by atoms with Crippen molar-refractivity contribution in [3.63, 3.8) is 0 Å². The lowest BCUT2D eigenvalue weighted by Gasteiger charge is -2.51. The number of hydrogen-bond donors (Lipinski definition) is 1. The lowest BCUT2D eigenvalue weighted by molar-refractivity contribution is -0.125. The van der Waals surface area contributed by atoms with Gasteiger partial charge in [-0.3, -0.25) is 24.1 Å². The van der Waals surface area contributed by atoms with Crippen LogP contribution in [0.4, 0.5) is 33.3 Å². The number of aromatic hydroxyl groups is 1. The number of allylic oxidation sites excluding steroid dienone is 3. The van der Waals surface area contributed by atoms with Crippen molar-refractivity contribution in [3.05, 3.63) is 107 Å². The van der Waals surface area contributed by atoms with Gasteiger partial charge in [-0.2, -0.15) is 0 Å². The Kier molecular flexibility index (Phi) is 7.06. The van der Waals surface area contributed by atoms with Crippen molar-refractivity contribution in [2.75, 3.05) is 9.80 Å². The van der Waals surface area contributed by atoms with Crippen molar-refractivity contribution < 1.29 is 51.0 Å². The molecule has 3 heterocycles. The Hall–Kier alpha value is -4.75. The van der Waals surface area contributed by atoms with E-state index in [1.54, 1.807) is 36.4 Å². The number of alkyl halides is 2. The summed E-state index contributed by atoms with van der Waals surface area (Å²) in [5.41, 5.74) is -0.661. The van der Waals surface area contributed by atoms with Gasteiger partial charge < -0.3 is 9.84 Å². The van der Waals surface area contributed by atoms with Crippen molar-refractivity contribution >= 4 is 58.2 Å². The van der Waals surface area contributed by atoms with E-state index in [1.165, 1.54) is 24.5 Å². The zero-order valence-corrected chi connectivity index (χ0v) is 26.7. The van der Waals surface area contributed by atoms with Crippen LogP contribution in [-0.2, 0) is 25.6 Å². The molecule has 4 amide bonds. The molecule has 0 aromatic heterocycles. The molecule has 0 spiro atoms. The maximum Gasteiger partial charge on any atom is 0.258 e. The summed E-state index contributed by atoms with van der Waals surface area (Å²) in [6.45, 7) is 0. The number of fused-ring (bicyclic) bond motifs is 5. The van der Waals surface area contributed by atoms with Crippen molar-refractivity contribution in [2.24, 2.45) is 23.7 Å². The number of benzene rings is 3. The number of carbonyl (C=O) groups excluding carboxylic acids is 4. The number of carbonyl (C=O) groups is 4. The Bertz CT molecular complexity index is 2140. The van der Waals surface area contributed by atoms with E-state index in [0.717, 1.165) is 4.90 Å². The monoisotopic (exact) mass is 730 g/mol. The third-order valence-electron chi connectivity index (χ3n) is 10.4. The van der Waals surface area contributed by atoms with Gasteiger partial charge in [-0.25, -0.2) is 26.9 Å². The fourth-order valence-electron chi connectivity index (χ4n) is 8.21. The van der Waals surface area contributed by atoms with Crippen molar-refractivity contribution in [1.29, 1.82) is 0 Å². The predicted molar refractivity (Wildman–Crippen MR) is 167 cm³/mol. The minimum absolute atomic E-state index is 0.00182. The Morgan fingerprint density at radius 3 is 2.14 bits per heavy atom. The summed E-state index contributed by atoms with van der Waals surface area (Å²) in [5, 5.41) is 10.2. The van der Waals surface area contributed by atoms with Gasteiger partial charge in [0.2, 0.25) is 17.6 Å². The Morgan fingerprint density at radius 2 is 1.46 bits per heavy atom. The van der Waals surface area contributed by atoms with Gasteiger partial charge in [0.25, 0.3) is 11.8 Å². The molecule has 1 N–H and O–H groups in total.